The summed E-state index contributed by atoms with van der Waals surface area (Å²) in [5.41, 5.74) is 6.87. The van der Waals surface area contributed by atoms with Crippen LogP contribution in [-0.2, 0) is 0 Å². The van der Waals surface area contributed by atoms with E-state index in [0.29, 0.717) is 24.7 Å². The first-order valence-corrected chi connectivity index (χ1v) is 8.72. The molecule has 5 heteroatoms. The van der Waals surface area contributed by atoms with Gasteiger partial charge in [0.15, 0.2) is 0 Å². The molecule has 130 valence electrons. The second-order valence-electron chi connectivity index (χ2n) is 7.11. The number of rotatable bonds is 2. The standard InChI is InChI=1S/C21H21N5/c1-14(2)26-9-8-18-17(11-26)19(15-6-4-3-5-7-15)16(10-22)20(25)21(18,12-23)13-24/h3-8,14,17,19H,9,11,25H2,1-2H3/t17-,19+/m1/s1. The molecule has 0 fully saturated rings. The van der Waals surface area contributed by atoms with E-state index in [1.807, 2.05) is 36.4 Å². The molecule has 26 heavy (non-hydrogen) atoms. The quantitative estimate of drug-likeness (QED) is 0.832. The van der Waals surface area contributed by atoms with Crippen LogP contribution in [0.3, 0.4) is 0 Å². The Hall–Kier alpha value is -3.07. The Morgan fingerprint density at radius 3 is 2.35 bits per heavy atom. The highest BCUT2D eigenvalue weighted by Crippen LogP contribution is 2.52. The van der Waals surface area contributed by atoms with Crippen molar-refractivity contribution in [1.29, 1.82) is 15.8 Å². The molecule has 2 atom stereocenters. The molecule has 0 amide bonds. The van der Waals surface area contributed by atoms with Crippen LogP contribution >= 0.6 is 0 Å². The first kappa shape index (κ1) is 17.7. The smallest absolute Gasteiger partial charge is 0.204 e. The van der Waals surface area contributed by atoms with Crippen LogP contribution in [0.4, 0.5) is 0 Å². The van der Waals surface area contributed by atoms with E-state index < -0.39 is 5.41 Å². The molecule has 0 radical (unpaired) electrons. The van der Waals surface area contributed by atoms with Gasteiger partial charge >= 0.3 is 0 Å². The Morgan fingerprint density at radius 2 is 1.81 bits per heavy atom. The van der Waals surface area contributed by atoms with E-state index in [0.717, 1.165) is 11.1 Å². The van der Waals surface area contributed by atoms with E-state index in [9.17, 15) is 15.8 Å². The van der Waals surface area contributed by atoms with Crippen LogP contribution in [0.1, 0.15) is 25.3 Å². The average Bonchev–Trinajstić information content (AvgIpc) is 2.67. The molecule has 0 aromatic heterocycles. The number of hydrogen-bond donors (Lipinski definition) is 1. The van der Waals surface area contributed by atoms with Crippen molar-refractivity contribution in [3.8, 4) is 18.2 Å². The minimum absolute atomic E-state index is 0.0827. The summed E-state index contributed by atoms with van der Waals surface area (Å²) in [4.78, 5) is 2.29. The SMILES string of the molecule is CC(C)N1CC=C2[C@@H](C1)[C@@H](c1ccccc1)C(C#N)=C(N)C2(C#N)C#N. The number of nitriles is 3. The van der Waals surface area contributed by atoms with Gasteiger partial charge in [0.1, 0.15) is 0 Å². The number of fused-ring (bicyclic) bond motifs is 1. The first-order valence-electron chi connectivity index (χ1n) is 8.72. The van der Waals surface area contributed by atoms with Crippen LogP contribution in [0.15, 0.2) is 53.3 Å². The van der Waals surface area contributed by atoms with Crippen LogP contribution in [0, 0.1) is 45.3 Å². The molecular weight excluding hydrogens is 322 g/mol. The van der Waals surface area contributed by atoms with E-state index in [2.05, 4.69) is 37.0 Å². The fraction of sp³-hybridized carbons (Fsp3) is 0.381. The number of benzene rings is 1. The number of allylic oxidation sites excluding steroid dienone is 2. The fourth-order valence-corrected chi connectivity index (χ4v) is 4.12. The van der Waals surface area contributed by atoms with E-state index in [1.54, 1.807) is 0 Å². The largest absolute Gasteiger partial charge is 0.399 e. The van der Waals surface area contributed by atoms with E-state index in [-0.39, 0.29) is 17.5 Å². The van der Waals surface area contributed by atoms with Gasteiger partial charge in [-0.1, -0.05) is 36.4 Å². The summed E-state index contributed by atoms with van der Waals surface area (Å²) >= 11 is 0. The molecule has 1 aliphatic carbocycles. The minimum atomic E-state index is -1.55. The molecule has 0 bridgehead atoms. The topological polar surface area (TPSA) is 101 Å². The molecule has 1 heterocycles. The summed E-state index contributed by atoms with van der Waals surface area (Å²) in [5, 5.41) is 29.5. The molecular formula is C21H21N5. The summed E-state index contributed by atoms with van der Waals surface area (Å²) in [7, 11) is 0. The summed E-state index contributed by atoms with van der Waals surface area (Å²) in [6.45, 7) is 5.60. The first-order chi connectivity index (χ1) is 12.5. The molecule has 1 aromatic carbocycles. The normalized spacial score (nSPS) is 24.8. The summed E-state index contributed by atoms with van der Waals surface area (Å²) in [6, 6.07) is 16.5. The average molecular weight is 343 g/mol. The second kappa shape index (κ2) is 6.68. The van der Waals surface area contributed by atoms with Crippen LogP contribution in [0.2, 0.25) is 0 Å². The van der Waals surface area contributed by atoms with Crippen molar-refractivity contribution < 1.29 is 0 Å². The Kier molecular flexibility index (Phi) is 4.56. The molecule has 2 aliphatic rings. The molecule has 0 spiro atoms. The van der Waals surface area contributed by atoms with Gasteiger partial charge in [0, 0.05) is 31.0 Å². The van der Waals surface area contributed by atoms with Crippen molar-refractivity contribution in [3.63, 3.8) is 0 Å². The molecule has 0 unspecified atom stereocenters. The Bertz CT molecular complexity index is 875. The van der Waals surface area contributed by atoms with E-state index >= 15 is 0 Å². The zero-order valence-electron chi connectivity index (χ0n) is 15.0. The lowest BCUT2D eigenvalue weighted by Gasteiger charge is -2.46. The van der Waals surface area contributed by atoms with Crippen molar-refractivity contribution in [3.05, 3.63) is 58.8 Å². The van der Waals surface area contributed by atoms with Gasteiger partial charge in [-0.3, -0.25) is 4.90 Å². The van der Waals surface area contributed by atoms with Crippen molar-refractivity contribution in [2.75, 3.05) is 13.1 Å². The van der Waals surface area contributed by atoms with Crippen molar-refractivity contribution >= 4 is 0 Å². The number of hydrogen-bond acceptors (Lipinski definition) is 5. The third kappa shape index (κ3) is 2.48. The lowest BCUT2D eigenvalue weighted by molar-refractivity contribution is 0.186. The predicted molar refractivity (Wildman–Crippen MR) is 98.0 cm³/mol. The van der Waals surface area contributed by atoms with Crippen LogP contribution in [0.5, 0.6) is 0 Å². The third-order valence-electron chi connectivity index (χ3n) is 5.56. The zero-order valence-corrected chi connectivity index (χ0v) is 15.0. The Labute approximate surface area is 154 Å². The highest BCUT2D eigenvalue weighted by molar-refractivity contribution is 5.58. The maximum Gasteiger partial charge on any atom is 0.204 e. The fourth-order valence-electron chi connectivity index (χ4n) is 4.12. The van der Waals surface area contributed by atoms with Gasteiger partial charge in [0.2, 0.25) is 5.41 Å². The molecule has 5 nitrogen and oxygen atoms in total. The summed E-state index contributed by atoms with van der Waals surface area (Å²) in [5.74, 6) is -0.376. The minimum Gasteiger partial charge on any atom is -0.399 e. The van der Waals surface area contributed by atoms with Crippen LogP contribution in [-0.4, -0.2) is 24.0 Å². The number of nitrogens with zero attached hydrogens (tertiary/aromatic N) is 4. The second-order valence-corrected chi connectivity index (χ2v) is 7.11. The molecule has 3 rings (SSSR count). The Balaban J connectivity index is 2.28. The highest BCUT2D eigenvalue weighted by atomic mass is 15.2. The lowest BCUT2D eigenvalue weighted by Crippen LogP contribution is -2.48. The van der Waals surface area contributed by atoms with Gasteiger partial charge in [-0.2, -0.15) is 15.8 Å². The predicted octanol–water partition coefficient (Wildman–Crippen LogP) is 2.82. The monoisotopic (exact) mass is 343 g/mol. The van der Waals surface area contributed by atoms with Gasteiger partial charge in [-0.25, -0.2) is 0 Å². The lowest BCUT2D eigenvalue weighted by atomic mass is 9.60. The van der Waals surface area contributed by atoms with Gasteiger partial charge in [-0.15, -0.1) is 0 Å². The summed E-state index contributed by atoms with van der Waals surface area (Å²) in [6.07, 6.45) is 1.97. The molecule has 1 aliphatic heterocycles. The van der Waals surface area contributed by atoms with Gasteiger partial charge < -0.3 is 5.73 Å². The Morgan fingerprint density at radius 1 is 1.15 bits per heavy atom. The highest BCUT2D eigenvalue weighted by Gasteiger charge is 2.52. The van der Waals surface area contributed by atoms with Crippen LogP contribution < -0.4 is 5.73 Å². The number of nitrogens with two attached hydrogens (primary N) is 1. The van der Waals surface area contributed by atoms with Gasteiger partial charge in [-0.05, 0) is 25.0 Å². The van der Waals surface area contributed by atoms with E-state index in [4.69, 9.17) is 5.73 Å². The molecule has 0 saturated carbocycles. The molecule has 2 N–H and O–H groups in total. The molecule has 1 aromatic rings. The molecule has 0 saturated heterocycles. The maximum absolute atomic E-state index is 9.85. The van der Waals surface area contributed by atoms with Gasteiger partial charge in [0.05, 0.1) is 29.5 Å². The summed E-state index contributed by atoms with van der Waals surface area (Å²) < 4.78 is 0. The maximum atomic E-state index is 9.85. The van der Waals surface area contributed by atoms with E-state index in [1.165, 1.54) is 0 Å². The van der Waals surface area contributed by atoms with Gasteiger partial charge in [0.25, 0.3) is 0 Å². The van der Waals surface area contributed by atoms with Crippen molar-refractivity contribution in [2.45, 2.75) is 25.8 Å². The third-order valence-corrected chi connectivity index (χ3v) is 5.56. The van der Waals surface area contributed by atoms with Crippen molar-refractivity contribution in [1.82, 2.24) is 4.90 Å². The van der Waals surface area contributed by atoms with Crippen molar-refractivity contribution in [2.24, 2.45) is 17.1 Å². The zero-order chi connectivity index (χ0) is 18.9. The van der Waals surface area contributed by atoms with Crippen LogP contribution in [0.25, 0.3) is 0 Å².